The van der Waals surface area contributed by atoms with Crippen LogP contribution in [0.4, 0.5) is 18.9 Å². The molecule has 0 unspecified atom stereocenters. The third kappa shape index (κ3) is 4.09. The van der Waals surface area contributed by atoms with Crippen molar-refractivity contribution in [3.8, 4) is 11.4 Å². The van der Waals surface area contributed by atoms with E-state index in [9.17, 15) is 18.0 Å². The van der Waals surface area contributed by atoms with Crippen molar-refractivity contribution in [3.63, 3.8) is 0 Å². The van der Waals surface area contributed by atoms with Crippen LogP contribution in [-0.4, -0.2) is 39.4 Å². The van der Waals surface area contributed by atoms with Crippen LogP contribution in [0.1, 0.15) is 18.4 Å². The van der Waals surface area contributed by atoms with E-state index in [1.165, 1.54) is 0 Å². The summed E-state index contributed by atoms with van der Waals surface area (Å²) < 4.78 is 45.1. The van der Waals surface area contributed by atoms with E-state index in [0.29, 0.717) is 11.5 Å². The van der Waals surface area contributed by atoms with E-state index in [2.05, 4.69) is 15.4 Å². The molecule has 1 aliphatic rings. The molecule has 3 heterocycles. The number of alkyl halides is 3. The molecular weight excluding hydrogens is 385 g/mol. The average Bonchev–Trinajstić information content (AvgIpc) is 3.16. The number of aromatic nitrogens is 3. The number of anilines is 1. The first-order valence-corrected chi connectivity index (χ1v) is 9.22. The molecule has 1 aliphatic heterocycles. The minimum Gasteiger partial charge on any atom is -0.368 e. The van der Waals surface area contributed by atoms with Gasteiger partial charge in [0.15, 0.2) is 5.82 Å². The van der Waals surface area contributed by atoms with Crippen LogP contribution in [-0.2, 0) is 9.53 Å². The Morgan fingerprint density at radius 2 is 2.10 bits per heavy atom. The fraction of sp³-hybridized carbons (Fsp3) is 0.350. The van der Waals surface area contributed by atoms with Gasteiger partial charge < -0.3 is 10.1 Å². The number of rotatable bonds is 3. The Morgan fingerprint density at radius 3 is 2.83 bits per heavy atom. The topological polar surface area (TPSA) is 68.5 Å². The number of ether oxygens (including phenoxy) is 1. The molecule has 1 saturated heterocycles. The lowest BCUT2D eigenvalue weighted by molar-refractivity contribution is -0.207. The van der Waals surface area contributed by atoms with Gasteiger partial charge in [-0.2, -0.15) is 13.2 Å². The van der Waals surface area contributed by atoms with Crippen LogP contribution in [0.2, 0.25) is 0 Å². The molecule has 1 fully saturated rings. The van der Waals surface area contributed by atoms with Crippen molar-refractivity contribution < 1.29 is 22.7 Å². The van der Waals surface area contributed by atoms with Gasteiger partial charge >= 0.3 is 6.18 Å². The van der Waals surface area contributed by atoms with Crippen molar-refractivity contribution in [2.45, 2.75) is 32.0 Å². The molecule has 9 heteroatoms. The van der Waals surface area contributed by atoms with E-state index in [1.54, 1.807) is 22.8 Å². The molecular formula is C20H19F3N4O2. The number of benzene rings is 1. The third-order valence-electron chi connectivity index (χ3n) is 5.06. The second-order valence-electron chi connectivity index (χ2n) is 7.12. The van der Waals surface area contributed by atoms with Crippen molar-refractivity contribution in [1.29, 1.82) is 0 Å². The molecule has 29 heavy (non-hydrogen) atoms. The quantitative estimate of drug-likeness (QED) is 0.717. The zero-order valence-corrected chi connectivity index (χ0v) is 15.6. The van der Waals surface area contributed by atoms with E-state index in [1.807, 2.05) is 31.3 Å². The second kappa shape index (κ2) is 7.47. The molecule has 2 atom stereocenters. The van der Waals surface area contributed by atoms with Gasteiger partial charge in [-0.3, -0.25) is 4.79 Å². The SMILES string of the molecule is Cc1ccc(NC(=O)[C@@H]2CC[C@@H](C(F)(F)F)CO2)cc1-c1ncc2cccn2n1. The number of aryl methyl sites for hydroxylation is 1. The average molecular weight is 404 g/mol. The summed E-state index contributed by atoms with van der Waals surface area (Å²) in [6, 6.07) is 9.06. The lowest BCUT2D eigenvalue weighted by Crippen LogP contribution is -2.40. The molecule has 152 valence electrons. The number of fused-ring (bicyclic) bond motifs is 1. The summed E-state index contributed by atoms with van der Waals surface area (Å²) in [4.78, 5) is 16.8. The van der Waals surface area contributed by atoms with E-state index < -0.39 is 30.7 Å². The Bertz CT molecular complexity index is 1040. The Hall–Kier alpha value is -2.94. The smallest absolute Gasteiger partial charge is 0.368 e. The molecule has 3 aromatic rings. The highest BCUT2D eigenvalue weighted by atomic mass is 19.4. The molecule has 1 aromatic carbocycles. The Labute approximate surface area is 164 Å². The van der Waals surface area contributed by atoms with Crippen LogP contribution in [0.5, 0.6) is 0 Å². The number of nitrogens with zero attached hydrogens (tertiary/aromatic N) is 3. The number of carbonyl (C=O) groups excluding carboxylic acids is 1. The standard InChI is InChI=1S/C20H19F3N4O2/c1-12-4-6-14(9-16(12)18-24-10-15-3-2-8-27(15)26-18)25-19(28)17-7-5-13(11-29-17)20(21,22)23/h2-4,6,8-10,13,17H,5,7,11H2,1H3,(H,25,28)/t13-,17+/m1/s1. The van der Waals surface area contributed by atoms with Gasteiger partial charge in [-0.15, -0.1) is 5.10 Å². The van der Waals surface area contributed by atoms with Gasteiger partial charge in [0.1, 0.15) is 6.10 Å². The largest absolute Gasteiger partial charge is 0.394 e. The normalized spacial score (nSPS) is 20.0. The molecule has 0 radical (unpaired) electrons. The number of amides is 1. The van der Waals surface area contributed by atoms with E-state index in [-0.39, 0.29) is 12.8 Å². The summed E-state index contributed by atoms with van der Waals surface area (Å²) in [6.45, 7) is 1.41. The van der Waals surface area contributed by atoms with Crippen LogP contribution in [0.25, 0.3) is 16.9 Å². The van der Waals surface area contributed by atoms with Crippen LogP contribution < -0.4 is 5.32 Å². The van der Waals surface area contributed by atoms with Crippen molar-refractivity contribution in [2.75, 3.05) is 11.9 Å². The van der Waals surface area contributed by atoms with E-state index in [4.69, 9.17) is 4.74 Å². The van der Waals surface area contributed by atoms with Gasteiger partial charge in [0.2, 0.25) is 0 Å². The number of carbonyl (C=O) groups is 1. The maximum atomic E-state index is 12.7. The highest BCUT2D eigenvalue weighted by Gasteiger charge is 2.43. The summed E-state index contributed by atoms with van der Waals surface area (Å²) in [7, 11) is 0. The summed E-state index contributed by atoms with van der Waals surface area (Å²) in [5.74, 6) is -1.47. The minimum absolute atomic E-state index is 0.0299. The number of hydrogen-bond donors (Lipinski definition) is 1. The predicted octanol–water partition coefficient (Wildman–Crippen LogP) is 4.00. The third-order valence-corrected chi connectivity index (χ3v) is 5.06. The van der Waals surface area contributed by atoms with Crippen molar-refractivity contribution in [1.82, 2.24) is 14.6 Å². The minimum atomic E-state index is -4.30. The zero-order valence-electron chi connectivity index (χ0n) is 15.6. The first-order valence-electron chi connectivity index (χ1n) is 9.22. The maximum Gasteiger partial charge on any atom is 0.394 e. The molecule has 1 amide bonds. The molecule has 2 aromatic heterocycles. The Balaban J connectivity index is 1.48. The fourth-order valence-electron chi connectivity index (χ4n) is 3.34. The summed E-state index contributed by atoms with van der Waals surface area (Å²) in [5.41, 5.74) is 3.05. The van der Waals surface area contributed by atoms with E-state index in [0.717, 1.165) is 16.6 Å². The van der Waals surface area contributed by atoms with Crippen molar-refractivity contribution >= 4 is 17.1 Å². The van der Waals surface area contributed by atoms with Gasteiger partial charge in [0.05, 0.1) is 24.2 Å². The van der Waals surface area contributed by atoms with Gasteiger partial charge in [0, 0.05) is 17.4 Å². The van der Waals surface area contributed by atoms with Gasteiger partial charge in [0.25, 0.3) is 5.91 Å². The van der Waals surface area contributed by atoms with Crippen LogP contribution >= 0.6 is 0 Å². The monoisotopic (exact) mass is 404 g/mol. The summed E-state index contributed by atoms with van der Waals surface area (Å²) in [5, 5.41) is 7.20. The zero-order chi connectivity index (χ0) is 20.6. The van der Waals surface area contributed by atoms with Crippen molar-refractivity contribution in [3.05, 3.63) is 48.3 Å². The molecule has 1 N–H and O–H groups in total. The highest BCUT2D eigenvalue weighted by Crippen LogP contribution is 2.34. The van der Waals surface area contributed by atoms with Crippen molar-refractivity contribution in [2.24, 2.45) is 5.92 Å². The molecule has 0 bridgehead atoms. The first kappa shape index (κ1) is 19.4. The molecule has 0 saturated carbocycles. The maximum absolute atomic E-state index is 12.7. The molecule has 6 nitrogen and oxygen atoms in total. The Morgan fingerprint density at radius 1 is 1.28 bits per heavy atom. The second-order valence-corrected chi connectivity index (χ2v) is 7.12. The van der Waals surface area contributed by atoms with Gasteiger partial charge in [-0.1, -0.05) is 6.07 Å². The summed E-state index contributed by atoms with van der Waals surface area (Å²) in [6.07, 6.45) is -1.76. The highest BCUT2D eigenvalue weighted by molar-refractivity contribution is 5.94. The molecule has 4 rings (SSSR count). The number of nitrogens with one attached hydrogen (secondary N) is 1. The lowest BCUT2D eigenvalue weighted by Gasteiger charge is -2.29. The van der Waals surface area contributed by atoms with Crippen LogP contribution in [0.15, 0.2) is 42.7 Å². The van der Waals surface area contributed by atoms with E-state index >= 15 is 0 Å². The predicted molar refractivity (Wildman–Crippen MR) is 100 cm³/mol. The van der Waals surface area contributed by atoms with Crippen LogP contribution in [0.3, 0.4) is 0 Å². The molecule has 0 aliphatic carbocycles. The first-order chi connectivity index (χ1) is 13.8. The van der Waals surface area contributed by atoms with Gasteiger partial charge in [-0.05, 0) is 49.6 Å². The molecule has 0 spiro atoms. The Kier molecular flexibility index (Phi) is 4.99. The number of hydrogen-bond acceptors (Lipinski definition) is 4. The summed E-state index contributed by atoms with van der Waals surface area (Å²) >= 11 is 0. The van der Waals surface area contributed by atoms with Gasteiger partial charge in [-0.25, -0.2) is 9.50 Å². The fourth-order valence-corrected chi connectivity index (χ4v) is 3.34. The number of halogens is 3. The van der Waals surface area contributed by atoms with Crippen LogP contribution in [0, 0.1) is 12.8 Å². The lowest BCUT2D eigenvalue weighted by atomic mass is 9.97.